The Balaban J connectivity index is 1.35. The van der Waals surface area contributed by atoms with Crippen LogP contribution in [0.4, 0.5) is 0 Å². The van der Waals surface area contributed by atoms with Gasteiger partial charge >= 0.3 is 5.97 Å². The second-order valence-electron chi connectivity index (χ2n) is 10.8. The summed E-state index contributed by atoms with van der Waals surface area (Å²) < 4.78 is 6.05. The number of hydrogen-bond acceptors (Lipinski definition) is 6. The lowest BCUT2D eigenvalue weighted by molar-refractivity contribution is -0.176. The predicted octanol–water partition coefficient (Wildman–Crippen LogP) is 4.66. The quantitative estimate of drug-likeness (QED) is 0.174. The third kappa shape index (κ3) is 5.20. The molecule has 3 amide bonds. The zero-order valence-corrected chi connectivity index (χ0v) is 23.9. The van der Waals surface area contributed by atoms with Gasteiger partial charge < -0.3 is 14.7 Å². The zero-order chi connectivity index (χ0) is 30.8. The van der Waals surface area contributed by atoms with Crippen molar-refractivity contribution >= 4 is 29.8 Å². The molecule has 1 N–H and O–H groups in total. The first kappa shape index (κ1) is 28.8. The summed E-state index contributed by atoms with van der Waals surface area (Å²) in [7, 11) is 0. The van der Waals surface area contributed by atoms with Crippen molar-refractivity contribution in [1.29, 1.82) is 0 Å². The van der Waals surface area contributed by atoms with Crippen molar-refractivity contribution in [2.75, 3.05) is 0 Å². The Hall–Kier alpha value is -5.34. The van der Waals surface area contributed by atoms with Crippen LogP contribution in [-0.2, 0) is 14.3 Å². The van der Waals surface area contributed by atoms with Gasteiger partial charge in [-0.05, 0) is 35.7 Å². The van der Waals surface area contributed by atoms with Gasteiger partial charge in [0.05, 0.1) is 23.3 Å². The van der Waals surface area contributed by atoms with E-state index in [9.17, 15) is 24.3 Å². The molecule has 4 aromatic carbocycles. The number of benzene rings is 4. The van der Waals surface area contributed by atoms with Crippen LogP contribution in [0.2, 0.25) is 0 Å². The summed E-state index contributed by atoms with van der Waals surface area (Å²) >= 11 is 0. The first-order valence-corrected chi connectivity index (χ1v) is 14.4. The van der Waals surface area contributed by atoms with Crippen molar-refractivity contribution in [1.82, 2.24) is 9.80 Å². The van der Waals surface area contributed by atoms with Crippen molar-refractivity contribution in [3.63, 3.8) is 0 Å². The molecule has 4 aromatic rings. The fourth-order valence-electron chi connectivity index (χ4n) is 5.85. The first-order chi connectivity index (χ1) is 21.4. The third-order valence-electron chi connectivity index (χ3n) is 7.98. The molecule has 0 spiro atoms. The van der Waals surface area contributed by atoms with Gasteiger partial charge in [0.2, 0.25) is 5.91 Å². The van der Waals surface area contributed by atoms with Gasteiger partial charge in [0.1, 0.15) is 6.04 Å². The van der Waals surface area contributed by atoms with E-state index in [1.54, 1.807) is 36.4 Å². The molecule has 6 rings (SSSR count). The summed E-state index contributed by atoms with van der Waals surface area (Å²) in [4.78, 5) is 56.8. The molecule has 2 heterocycles. The SMILES string of the molecule is C[C@H](O)[C@H](C(=O)OC(c1ccccc1)c1ccccc1)N1C(=O)[C@@H](N2C(=O)c3ccccc3C2=O)[C@H]1/C=C/c1ccccc1. The Kier molecular flexibility index (Phi) is 7.91. The van der Waals surface area contributed by atoms with Crippen molar-refractivity contribution in [3.8, 4) is 0 Å². The minimum Gasteiger partial charge on any atom is -0.451 e. The van der Waals surface area contributed by atoms with Crippen LogP contribution >= 0.6 is 0 Å². The van der Waals surface area contributed by atoms with Crippen molar-refractivity contribution in [3.05, 3.63) is 149 Å². The Morgan fingerprint density at radius 2 is 1.23 bits per heavy atom. The standard InChI is InChI=1S/C36H30N2O6/c1-23(39)30(36(43)44-32(25-15-7-3-8-16-25)26-17-9-4-10-18-26)37-29(22-21-24-13-5-2-6-14-24)31(35(37)42)38-33(40)27-19-11-12-20-28(27)34(38)41/h2-23,29-32,39H,1H3/b22-21+/t23-,29+,30+,31-/m0/s1. The number of hydrogen-bond donors (Lipinski definition) is 1. The van der Waals surface area contributed by atoms with E-state index >= 15 is 0 Å². The van der Waals surface area contributed by atoms with Crippen LogP contribution in [0.5, 0.6) is 0 Å². The number of fused-ring (bicyclic) bond motifs is 1. The van der Waals surface area contributed by atoms with E-state index in [0.717, 1.165) is 21.6 Å². The number of carbonyl (C=O) groups is 4. The van der Waals surface area contributed by atoms with Crippen LogP contribution in [0.15, 0.2) is 121 Å². The molecule has 44 heavy (non-hydrogen) atoms. The van der Waals surface area contributed by atoms with Crippen LogP contribution in [0, 0.1) is 0 Å². The highest BCUT2D eigenvalue weighted by Crippen LogP contribution is 2.37. The topological polar surface area (TPSA) is 104 Å². The summed E-state index contributed by atoms with van der Waals surface area (Å²) in [5.74, 6) is -2.61. The third-order valence-corrected chi connectivity index (χ3v) is 7.98. The van der Waals surface area contributed by atoms with Crippen molar-refractivity contribution in [2.45, 2.75) is 37.3 Å². The number of likely N-dealkylation sites (tertiary alicyclic amines) is 1. The minimum absolute atomic E-state index is 0.217. The minimum atomic E-state index is -1.41. The molecule has 0 unspecified atom stereocenters. The molecule has 2 aliphatic heterocycles. The maximum Gasteiger partial charge on any atom is 0.332 e. The largest absolute Gasteiger partial charge is 0.451 e. The number of esters is 1. The zero-order valence-electron chi connectivity index (χ0n) is 23.9. The molecule has 2 aliphatic rings. The molecule has 1 saturated heterocycles. The molecule has 220 valence electrons. The highest BCUT2D eigenvalue weighted by atomic mass is 16.5. The average Bonchev–Trinajstić information content (AvgIpc) is 3.30. The van der Waals surface area contributed by atoms with Gasteiger partial charge in [-0.25, -0.2) is 4.79 Å². The summed E-state index contributed by atoms with van der Waals surface area (Å²) in [6.45, 7) is 1.41. The average molecular weight is 587 g/mol. The smallest absolute Gasteiger partial charge is 0.332 e. The van der Waals surface area contributed by atoms with Gasteiger partial charge in [0.25, 0.3) is 11.8 Å². The van der Waals surface area contributed by atoms with Gasteiger partial charge in [-0.3, -0.25) is 19.3 Å². The Bertz CT molecular complexity index is 1650. The number of ether oxygens (including phenoxy) is 1. The molecule has 0 aromatic heterocycles. The van der Waals surface area contributed by atoms with Crippen LogP contribution in [0.25, 0.3) is 6.08 Å². The monoisotopic (exact) mass is 586 g/mol. The molecule has 0 saturated carbocycles. The van der Waals surface area contributed by atoms with Gasteiger partial charge in [0.15, 0.2) is 12.1 Å². The number of imide groups is 1. The number of rotatable bonds is 9. The number of carbonyl (C=O) groups excluding carboxylic acids is 4. The van der Waals surface area contributed by atoms with Gasteiger partial charge in [-0.2, -0.15) is 0 Å². The van der Waals surface area contributed by atoms with Crippen molar-refractivity contribution < 1.29 is 29.0 Å². The fourth-order valence-corrected chi connectivity index (χ4v) is 5.85. The maximum absolute atomic E-state index is 13.9. The predicted molar refractivity (Wildman–Crippen MR) is 163 cm³/mol. The van der Waals surface area contributed by atoms with Crippen LogP contribution in [0.1, 0.15) is 50.4 Å². The Labute approximate surface area is 254 Å². The van der Waals surface area contributed by atoms with Gasteiger partial charge in [-0.15, -0.1) is 0 Å². The first-order valence-electron chi connectivity index (χ1n) is 14.4. The van der Waals surface area contributed by atoms with E-state index in [2.05, 4.69) is 0 Å². The van der Waals surface area contributed by atoms with Gasteiger partial charge in [-0.1, -0.05) is 115 Å². The Morgan fingerprint density at radius 1 is 0.750 bits per heavy atom. The molecule has 0 aliphatic carbocycles. The summed E-state index contributed by atoms with van der Waals surface area (Å²) in [6.07, 6.45) is 1.32. The van der Waals surface area contributed by atoms with E-state index in [1.165, 1.54) is 11.8 Å². The summed E-state index contributed by atoms with van der Waals surface area (Å²) in [6, 6.07) is 30.6. The number of nitrogens with zero attached hydrogens (tertiary/aromatic N) is 2. The van der Waals surface area contributed by atoms with E-state index in [0.29, 0.717) is 0 Å². The molecule has 8 nitrogen and oxygen atoms in total. The van der Waals surface area contributed by atoms with Crippen LogP contribution in [-0.4, -0.2) is 62.8 Å². The highest BCUT2D eigenvalue weighted by molar-refractivity contribution is 6.23. The number of amides is 3. The summed E-state index contributed by atoms with van der Waals surface area (Å²) in [5.41, 5.74) is 2.69. The Morgan fingerprint density at radius 3 is 1.73 bits per heavy atom. The summed E-state index contributed by atoms with van der Waals surface area (Å²) in [5, 5.41) is 10.9. The normalized spacial score (nSPS) is 19.2. The molecule has 4 atom stereocenters. The van der Waals surface area contributed by atoms with Crippen LogP contribution < -0.4 is 0 Å². The lowest BCUT2D eigenvalue weighted by Crippen LogP contribution is -2.75. The fraction of sp³-hybridized carbons (Fsp3) is 0.167. The number of aliphatic hydroxyl groups is 1. The molecular weight excluding hydrogens is 556 g/mol. The van der Waals surface area contributed by atoms with E-state index in [4.69, 9.17) is 4.74 Å². The molecular formula is C36H30N2O6. The molecule has 1 fully saturated rings. The van der Waals surface area contributed by atoms with Crippen molar-refractivity contribution in [2.24, 2.45) is 0 Å². The molecule has 8 heteroatoms. The van der Waals surface area contributed by atoms with E-state index in [1.807, 2.05) is 91.0 Å². The van der Waals surface area contributed by atoms with E-state index in [-0.39, 0.29) is 11.1 Å². The molecule has 0 radical (unpaired) electrons. The maximum atomic E-state index is 13.9. The number of aliphatic hydroxyl groups excluding tert-OH is 1. The molecule has 0 bridgehead atoms. The lowest BCUT2D eigenvalue weighted by atomic mass is 9.88. The van der Waals surface area contributed by atoms with Crippen LogP contribution in [0.3, 0.4) is 0 Å². The second-order valence-corrected chi connectivity index (χ2v) is 10.8. The second kappa shape index (κ2) is 12.1. The highest BCUT2D eigenvalue weighted by Gasteiger charge is 2.59. The van der Waals surface area contributed by atoms with Gasteiger partial charge in [0, 0.05) is 0 Å². The lowest BCUT2D eigenvalue weighted by Gasteiger charge is -2.51. The van der Waals surface area contributed by atoms with E-state index < -0.39 is 54.0 Å². The number of β-lactam (4-membered cyclic amide) rings is 1.